The first-order valence-electron chi connectivity index (χ1n) is 6.44. The maximum Gasteiger partial charge on any atom is 0.124 e. The molecule has 0 aromatic heterocycles. The SMILES string of the molecule is COc1ccc(C(N)CN)cc1COCC1CC1. The van der Waals surface area contributed by atoms with E-state index in [1.54, 1.807) is 7.11 Å². The van der Waals surface area contributed by atoms with Gasteiger partial charge < -0.3 is 20.9 Å². The average molecular weight is 250 g/mol. The fourth-order valence-electron chi connectivity index (χ4n) is 1.90. The lowest BCUT2D eigenvalue weighted by Crippen LogP contribution is -2.20. The Labute approximate surface area is 108 Å². The minimum absolute atomic E-state index is 0.127. The second-order valence-corrected chi connectivity index (χ2v) is 4.87. The molecule has 0 amide bonds. The third kappa shape index (κ3) is 3.45. The topological polar surface area (TPSA) is 70.5 Å². The molecule has 0 bridgehead atoms. The summed E-state index contributed by atoms with van der Waals surface area (Å²) >= 11 is 0. The molecule has 0 saturated heterocycles. The highest BCUT2D eigenvalue weighted by Crippen LogP contribution is 2.30. The first kappa shape index (κ1) is 13.3. The summed E-state index contributed by atoms with van der Waals surface area (Å²) in [4.78, 5) is 0. The van der Waals surface area contributed by atoms with E-state index in [9.17, 15) is 0 Å². The van der Waals surface area contributed by atoms with Gasteiger partial charge in [-0.25, -0.2) is 0 Å². The van der Waals surface area contributed by atoms with Gasteiger partial charge in [0.15, 0.2) is 0 Å². The van der Waals surface area contributed by atoms with Gasteiger partial charge in [0.05, 0.1) is 13.7 Å². The smallest absolute Gasteiger partial charge is 0.124 e. The van der Waals surface area contributed by atoms with E-state index in [1.807, 2.05) is 18.2 Å². The maximum absolute atomic E-state index is 5.93. The van der Waals surface area contributed by atoms with Crippen molar-refractivity contribution in [3.8, 4) is 5.75 Å². The molecule has 0 heterocycles. The van der Waals surface area contributed by atoms with Gasteiger partial charge in [0.2, 0.25) is 0 Å². The van der Waals surface area contributed by atoms with E-state index >= 15 is 0 Å². The lowest BCUT2D eigenvalue weighted by Gasteiger charge is -2.14. The number of benzene rings is 1. The maximum atomic E-state index is 5.93. The zero-order valence-electron chi connectivity index (χ0n) is 10.9. The Bertz CT molecular complexity index is 391. The van der Waals surface area contributed by atoms with Crippen LogP contribution < -0.4 is 16.2 Å². The molecule has 1 unspecified atom stereocenters. The zero-order chi connectivity index (χ0) is 13.0. The number of hydrogen-bond donors (Lipinski definition) is 2. The molecule has 2 rings (SSSR count). The highest BCUT2D eigenvalue weighted by molar-refractivity contribution is 5.38. The number of ether oxygens (including phenoxy) is 2. The van der Waals surface area contributed by atoms with E-state index in [2.05, 4.69) is 0 Å². The van der Waals surface area contributed by atoms with E-state index < -0.39 is 0 Å². The largest absolute Gasteiger partial charge is 0.496 e. The van der Waals surface area contributed by atoms with Crippen LogP contribution in [0, 0.1) is 5.92 Å². The molecule has 4 nitrogen and oxygen atoms in total. The molecule has 1 atom stereocenters. The molecular weight excluding hydrogens is 228 g/mol. The van der Waals surface area contributed by atoms with E-state index in [1.165, 1.54) is 12.8 Å². The van der Waals surface area contributed by atoms with Crippen molar-refractivity contribution in [3.63, 3.8) is 0 Å². The highest BCUT2D eigenvalue weighted by atomic mass is 16.5. The third-order valence-electron chi connectivity index (χ3n) is 3.29. The van der Waals surface area contributed by atoms with Crippen molar-refractivity contribution in [2.75, 3.05) is 20.3 Å². The second-order valence-electron chi connectivity index (χ2n) is 4.87. The lowest BCUT2D eigenvalue weighted by atomic mass is 10.0. The summed E-state index contributed by atoms with van der Waals surface area (Å²) in [5.74, 6) is 1.62. The molecular formula is C14H22N2O2. The Kier molecular flexibility index (Phi) is 4.58. The van der Waals surface area contributed by atoms with Gasteiger partial charge in [-0.1, -0.05) is 6.07 Å². The van der Waals surface area contributed by atoms with Crippen molar-refractivity contribution >= 4 is 0 Å². The van der Waals surface area contributed by atoms with Gasteiger partial charge in [0.25, 0.3) is 0 Å². The molecule has 4 N–H and O–H groups in total. The van der Waals surface area contributed by atoms with Crippen LogP contribution in [0.2, 0.25) is 0 Å². The Balaban J connectivity index is 2.03. The van der Waals surface area contributed by atoms with Gasteiger partial charge in [0, 0.05) is 24.8 Å². The Morgan fingerprint density at radius 2 is 2.17 bits per heavy atom. The summed E-state index contributed by atoms with van der Waals surface area (Å²) in [7, 11) is 1.67. The number of hydrogen-bond acceptors (Lipinski definition) is 4. The molecule has 1 aromatic carbocycles. The first-order valence-corrected chi connectivity index (χ1v) is 6.44. The summed E-state index contributed by atoms with van der Waals surface area (Å²) in [6.07, 6.45) is 2.60. The van der Waals surface area contributed by atoms with Gasteiger partial charge in [-0.15, -0.1) is 0 Å². The molecule has 1 aliphatic carbocycles. The molecule has 1 saturated carbocycles. The van der Waals surface area contributed by atoms with Crippen LogP contribution in [0.3, 0.4) is 0 Å². The first-order chi connectivity index (χ1) is 8.74. The van der Waals surface area contributed by atoms with Crippen LogP contribution >= 0.6 is 0 Å². The minimum atomic E-state index is -0.127. The number of methoxy groups -OCH3 is 1. The molecule has 0 spiro atoms. The molecule has 100 valence electrons. The van der Waals surface area contributed by atoms with Crippen molar-refractivity contribution in [2.24, 2.45) is 17.4 Å². The van der Waals surface area contributed by atoms with Crippen LogP contribution in [0.4, 0.5) is 0 Å². The summed E-state index contributed by atoms with van der Waals surface area (Å²) in [6.45, 7) is 1.86. The van der Waals surface area contributed by atoms with Crippen LogP contribution in [0.5, 0.6) is 5.75 Å². The number of rotatable bonds is 7. The Hall–Kier alpha value is -1.10. The van der Waals surface area contributed by atoms with E-state index in [0.717, 1.165) is 29.4 Å². The van der Waals surface area contributed by atoms with Crippen LogP contribution in [-0.4, -0.2) is 20.3 Å². The number of nitrogens with two attached hydrogens (primary N) is 2. The molecule has 0 radical (unpaired) electrons. The van der Waals surface area contributed by atoms with E-state index in [-0.39, 0.29) is 6.04 Å². The lowest BCUT2D eigenvalue weighted by molar-refractivity contribution is 0.109. The minimum Gasteiger partial charge on any atom is -0.496 e. The van der Waals surface area contributed by atoms with Gasteiger partial charge in [0.1, 0.15) is 5.75 Å². The van der Waals surface area contributed by atoms with Crippen molar-refractivity contribution in [1.29, 1.82) is 0 Å². The van der Waals surface area contributed by atoms with Gasteiger partial charge in [-0.2, -0.15) is 0 Å². The average Bonchev–Trinajstić information content (AvgIpc) is 3.22. The van der Waals surface area contributed by atoms with Crippen LogP contribution in [0.25, 0.3) is 0 Å². The fraction of sp³-hybridized carbons (Fsp3) is 0.571. The van der Waals surface area contributed by atoms with Crippen LogP contribution in [0.1, 0.15) is 30.0 Å². The van der Waals surface area contributed by atoms with E-state index in [4.69, 9.17) is 20.9 Å². The fourth-order valence-corrected chi connectivity index (χ4v) is 1.90. The molecule has 1 aliphatic rings. The summed E-state index contributed by atoms with van der Waals surface area (Å²) in [5, 5.41) is 0. The molecule has 1 aromatic rings. The Morgan fingerprint density at radius 1 is 1.39 bits per heavy atom. The predicted octanol–water partition coefficient (Wildman–Crippen LogP) is 1.58. The summed E-state index contributed by atoms with van der Waals surface area (Å²) < 4.78 is 11.0. The summed E-state index contributed by atoms with van der Waals surface area (Å²) in [5.41, 5.74) is 13.6. The zero-order valence-corrected chi connectivity index (χ0v) is 10.9. The van der Waals surface area contributed by atoms with Crippen molar-refractivity contribution in [2.45, 2.75) is 25.5 Å². The van der Waals surface area contributed by atoms with E-state index in [0.29, 0.717) is 13.2 Å². The normalized spacial score (nSPS) is 16.6. The van der Waals surface area contributed by atoms with Crippen molar-refractivity contribution in [1.82, 2.24) is 0 Å². The molecule has 4 heteroatoms. The molecule has 18 heavy (non-hydrogen) atoms. The monoisotopic (exact) mass is 250 g/mol. The molecule has 1 fully saturated rings. The highest BCUT2D eigenvalue weighted by Gasteiger charge is 2.21. The van der Waals surface area contributed by atoms with Crippen LogP contribution in [0.15, 0.2) is 18.2 Å². The third-order valence-corrected chi connectivity index (χ3v) is 3.29. The second kappa shape index (κ2) is 6.18. The van der Waals surface area contributed by atoms with Gasteiger partial charge in [-0.3, -0.25) is 0 Å². The van der Waals surface area contributed by atoms with Gasteiger partial charge >= 0.3 is 0 Å². The van der Waals surface area contributed by atoms with Crippen LogP contribution in [-0.2, 0) is 11.3 Å². The van der Waals surface area contributed by atoms with Crippen molar-refractivity contribution < 1.29 is 9.47 Å². The Morgan fingerprint density at radius 3 is 2.78 bits per heavy atom. The van der Waals surface area contributed by atoms with Gasteiger partial charge in [-0.05, 0) is 36.5 Å². The molecule has 0 aliphatic heterocycles. The predicted molar refractivity (Wildman–Crippen MR) is 71.4 cm³/mol. The summed E-state index contributed by atoms with van der Waals surface area (Å²) in [6, 6.07) is 5.79. The van der Waals surface area contributed by atoms with Crippen molar-refractivity contribution in [3.05, 3.63) is 29.3 Å². The quantitative estimate of drug-likeness (QED) is 0.771. The standard InChI is InChI=1S/C14H22N2O2/c1-17-14-5-4-11(13(16)7-15)6-12(14)9-18-8-10-2-3-10/h4-6,10,13H,2-3,7-9,15-16H2,1H3.